The van der Waals surface area contributed by atoms with Gasteiger partial charge in [-0.1, -0.05) is 47.5 Å². The number of nitrogens with one attached hydrogen (secondary N) is 1. The molecule has 1 N–H and O–H groups in total. The molecule has 0 bridgehead atoms. The van der Waals surface area contributed by atoms with Gasteiger partial charge >= 0.3 is 5.97 Å². The Balaban J connectivity index is 1.39. The van der Waals surface area contributed by atoms with Gasteiger partial charge in [-0.25, -0.2) is 9.78 Å². The summed E-state index contributed by atoms with van der Waals surface area (Å²) < 4.78 is 5.07. The SMILES string of the molecule is Cc1ccc(SCCNC(=O)COC(=O)c2csc(-c3ccc(C)cc3)n2)cc1. The first-order chi connectivity index (χ1) is 14.0. The minimum atomic E-state index is -0.594. The molecule has 0 spiro atoms. The maximum atomic E-state index is 12.1. The van der Waals surface area contributed by atoms with E-state index in [0.717, 1.165) is 26.8 Å². The maximum Gasteiger partial charge on any atom is 0.358 e. The van der Waals surface area contributed by atoms with E-state index in [-0.39, 0.29) is 18.2 Å². The van der Waals surface area contributed by atoms with E-state index in [1.165, 1.54) is 16.9 Å². The molecule has 0 aliphatic carbocycles. The summed E-state index contributed by atoms with van der Waals surface area (Å²) in [6, 6.07) is 16.2. The van der Waals surface area contributed by atoms with E-state index in [2.05, 4.69) is 34.6 Å². The summed E-state index contributed by atoms with van der Waals surface area (Å²) >= 11 is 3.03. The van der Waals surface area contributed by atoms with E-state index >= 15 is 0 Å². The molecular weight excluding hydrogens is 404 g/mol. The van der Waals surface area contributed by atoms with Gasteiger partial charge in [0.05, 0.1) is 0 Å². The summed E-state index contributed by atoms with van der Waals surface area (Å²) in [4.78, 5) is 29.5. The molecule has 1 heterocycles. The van der Waals surface area contributed by atoms with Crippen molar-refractivity contribution in [3.05, 3.63) is 70.7 Å². The van der Waals surface area contributed by atoms with Gasteiger partial charge in [-0.15, -0.1) is 23.1 Å². The summed E-state index contributed by atoms with van der Waals surface area (Å²) in [6.07, 6.45) is 0. The zero-order valence-electron chi connectivity index (χ0n) is 16.3. The molecule has 0 aliphatic rings. The van der Waals surface area contributed by atoms with E-state index < -0.39 is 5.97 Å². The van der Waals surface area contributed by atoms with Gasteiger partial charge in [0, 0.05) is 28.1 Å². The number of carbonyl (C=O) groups excluding carboxylic acids is 2. The second kappa shape index (κ2) is 10.2. The van der Waals surface area contributed by atoms with Crippen molar-refractivity contribution >= 4 is 35.0 Å². The number of hydrogen-bond acceptors (Lipinski definition) is 6. The van der Waals surface area contributed by atoms with Crippen LogP contribution < -0.4 is 5.32 Å². The zero-order chi connectivity index (χ0) is 20.6. The lowest BCUT2D eigenvalue weighted by molar-refractivity contribution is -0.124. The van der Waals surface area contributed by atoms with E-state index in [0.29, 0.717) is 6.54 Å². The third-order valence-electron chi connectivity index (χ3n) is 4.06. The number of ether oxygens (including phenoxy) is 1. The van der Waals surface area contributed by atoms with Gasteiger partial charge < -0.3 is 10.1 Å². The fourth-order valence-electron chi connectivity index (χ4n) is 2.45. The average Bonchev–Trinajstić information content (AvgIpc) is 3.21. The molecule has 0 atom stereocenters. The van der Waals surface area contributed by atoms with Gasteiger partial charge in [0.25, 0.3) is 5.91 Å². The first-order valence-corrected chi connectivity index (χ1v) is 11.0. The molecule has 5 nitrogen and oxygen atoms in total. The lowest BCUT2D eigenvalue weighted by Crippen LogP contribution is -2.30. The number of thioether (sulfide) groups is 1. The van der Waals surface area contributed by atoms with Crippen LogP contribution in [0.15, 0.2) is 58.8 Å². The second-order valence-corrected chi connectivity index (χ2v) is 8.52. The van der Waals surface area contributed by atoms with Crippen molar-refractivity contribution in [2.75, 3.05) is 18.9 Å². The van der Waals surface area contributed by atoms with Crippen molar-refractivity contribution in [1.29, 1.82) is 0 Å². The van der Waals surface area contributed by atoms with Crippen LogP contribution in [0.5, 0.6) is 0 Å². The van der Waals surface area contributed by atoms with Crippen LogP contribution in [-0.2, 0) is 9.53 Å². The van der Waals surface area contributed by atoms with Crippen LogP contribution in [0.4, 0.5) is 0 Å². The first kappa shape index (κ1) is 21.1. The van der Waals surface area contributed by atoms with Crippen LogP contribution >= 0.6 is 23.1 Å². The lowest BCUT2D eigenvalue weighted by Gasteiger charge is -2.06. The summed E-state index contributed by atoms with van der Waals surface area (Å²) in [7, 11) is 0. The Morgan fingerprint density at radius 2 is 1.69 bits per heavy atom. The Morgan fingerprint density at radius 1 is 1.03 bits per heavy atom. The number of rotatable bonds is 8. The Kier molecular flexibility index (Phi) is 7.43. The van der Waals surface area contributed by atoms with Gasteiger partial charge in [-0.05, 0) is 26.0 Å². The average molecular weight is 427 g/mol. The molecule has 7 heteroatoms. The zero-order valence-corrected chi connectivity index (χ0v) is 17.9. The van der Waals surface area contributed by atoms with E-state index in [9.17, 15) is 9.59 Å². The first-order valence-electron chi connectivity index (χ1n) is 9.17. The smallest absolute Gasteiger partial charge is 0.358 e. The van der Waals surface area contributed by atoms with E-state index in [1.54, 1.807) is 17.1 Å². The molecule has 0 saturated carbocycles. The lowest BCUT2D eigenvalue weighted by atomic mass is 10.2. The molecule has 150 valence electrons. The number of benzene rings is 2. The topological polar surface area (TPSA) is 68.3 Å². The minimum Gasteiger partial charge on any atom is -0.451 e. The highest BCUT2D eigenvalue weighted by Crippen LogP contribution is 2.24. The summed E-state index contributed by atoms with van der Waals surface area (Å²) in [5.74, 6) is -0.171. The number of amides is 1. The Labute approximate surface area is 178 Å². The molecule has 3 rings (SSSR count). The third-order valence-corrected chi connectivity index (χ3v) is 5.97. The summed E-state index contributed by atoms with van der Waals surface area (Å²) in [5.41, 5.74) is 3.54. The quantitative estimate of drug-likeness (QED) is 0.326. The molecule has 2 aromatic carbocycles. The van der Waals surface area contributed by atoms with Crippen molar-refractivity contribution in [2.45, 2.75) is 18.7 Å². The fraction of sp³-hybridized carbons (Fsp3) is 0.227. The van der Waals surface area contributed by atoms with Crippen LogP contribution in [0.1, 0.15) is 21.6 Å². The normalized spacial score (nSPS) is 10.6. The number of nitrogens with zero attached hydrogens (tertiary/aromatic N) is 1. The van der Waals surface area contributed by atoms with E-state index in [4.69, 9.17) is 4.74 Å². The predicted octanol–water partition coefficient (Wildman–Crippen LogP) is 4.49. The predicted molar refractivity (Wildman–Crippen MR) is 117 cm³/mol. The molecule has 1 aromatic heterocycles. The molecule has 0 unspecified atom stereocenters. The minimum absolute atomic E-state index is 0.216. The Bertz CT molecular complexity index is 966. The number of thiazole rings is 1. The summed E-state index contributed by atoms with van der Waals surface area (Å²) in [5, 5.41) is 5.14. The molecule has 29 heavy (non-hydrogen) atoms. The van der Waals surface area contributed by atoms with Gasteiger partial charge in [-0.3, -0.25) is 4.79 Å². The highest BCUT2D eigenvalue weighted by molar-refractivity contribution is 7.99. The number of aryl methyl sites for hydroxylation is 2. The number of hydrogen-bond donors (Lipinski definition) is 1. The van der Waals surface area contributed by atoms with Crippen molar-refractivity contribution in [2.24, 2.45) is 0 Å². The van der Waals surface area contributed by atoms with Gasteiger partial charge in [0.1, 0.15) is 5.01 Å². The van der Waals surface area contributed by atoms with E-state index in [1.807, 2.05) is 38.1 Å². The van der Waals surface area contributed by atoms with Crippen LogP contribution in [0, 0.1) is 13.8 Å². The maximum absolute atomic E-state index is 12.1. The highest BCUT2D eigenvalue weighted by Gasteiger charge is 2.14. The third kappa shape index (κ3) is 6.44. The van der Waals surface area contributed by atoms with Crippen LogP contribution in [0.2, 0.25) is 0 Å². The highest BCUT2D eigenvalue weighted by atomic mass is 32.2. The van der Waals surface area contributed by atoms with Crippen molar-refractivity contribution in [3.63, 3.8) is 0 Å². The van der Waals surface area contributed by atoms with Crippen molar-refractivity contribution in [1.82, 2.24) is 10.3 Å². The fourth-order valence-corrected chi connectivity index (χ4v) is 4.01. The molecule has 0 saturated heterocycles. The van der Waals surface area contributed by atoms with Crippen LogP contribution in [0.25, 0.3) is 10.6 Å². The van der Waals surface area contributed by atoms with Crippen LogP contribution in [-0.4, -0.2) is 35.8 Å². The summed E-state index contributed by atoms with van der Waals surface area (Å²) in [6.45, 7) is 4.25. The van der Waals surface area contributed by atoms with Gasteiger partial charge in [0.2, 0.25) is 0 Å². The Hall–Kier alpha value is -2.64. The Morgan fingerprint density at radius 3 is 2.38 bits per heavy atom. The molecule has 0 fully saturated rings. The largest absolute Gasteiger partial charge is 0.451 e. The van der Waals surface area contributed by atoms with Crippen molar-refractivity contribution < 1.29 is 14.3 Å². The van der Waals surface area contributed by atoms with Gasteiger partial charge in [-0.2, -0.15) is 0 Å². The second-order valence-electron chi connectivity index (χ2n) is 6.49. The monoisotopic (exact) mass is 426 g/mol. The number of carbonyl (C=O) groups is 2. The molecular formula is C22H22N2O3S2. The van der Waals surface area contributed by atoms with Crippen molar-refractivity contribution in [3.8, 4) is 10.6 Å². The standard InChI is InChI=1S/C22H22N2O3S2/c1-15-3-7-17(8-4-15)21-24-19(14-29-21)22(26)27-13-20(25)23-11-12-28-18-9-5-16(2)6-10-18/h3-10,14H,11-13H2,1-2H3,(H,23,25). The molecule has 1 amide bonds. The van der Waals surface area contributed by atoms with Gasteiger partial charge in [0.15, 0.2) is 12.3 Å². The molecule has 0 radical (unpaired) electrons. The van der Waals surface area contributed by atoms with Crippen LogP contribution in [0.3, 0.4) is 0 Å². The number of esters is 1. The molecule has 0 aliphatic heterocycles. The number of aromatic nitrogens is 1. The molecule has 3 aromatic rings.